The van der Waals surface area contributed by atoms with Crippen LogP contribution in [-0.2, 0) is 0 Å². The number of hydrogen-bond acceptors (Lipinski definition) is 3. The van der Waals surface area contributed by atoms with Gasteiger partial charge in [0.05, 0.1) is 0 Å². The summed E-state index contributed by atoms with van der Waals surface area (Å²) in [5.74, 6) is 1.29. The van der Waals surface area contributed by atoms with Crippen molar-refractivity contribution in [3.05, 3.63) is 42.5 Å². The maximum absolute atomic E-state index is 11.8. The summed E-state index contributed by atoms with van der Waals surface area (Å²) in [6.07, 6.45) is 1.69. The van der Waals surface area contributed by atoms with E-state index in [0.29, 0.717) is 18.1 Å². The molecule has 0 saturated carbocycles. The molecule has 104 valence electrons. The van der Waals surface area contributed by atoms with Crippen LogP contribution in [0.15, 0.2) is 36.9 Å². The van der Waals surface area contributed by atoms with Crippen LogP contribution in [0.2, 0.25) is 0 Å². The Morgan fingerprint density at radius 1 is 1.42 bits per heavy atom. The molecule has 1 saturated heterocycles. The number of halogens is 1. The fourth-order valence-electron chi connectivity index (χ4n) is 1.69. The predicted molar refractivity (Wildman–Crippen MR) is 78.1 cm³/mol. The Kier molecular flexibility index (Phi) is 6.39. The van der Waals surface area contributed by atoms with Gasteiger partial charge in [-0.05, 0) is 24.3 Å². The molecule has 0 unspecified atom stereocenters. The molecule has 1 aromatic rings. The maximum atomic E-state index is 11.8. The van der Waals surface area contributed by atoms with Crippen LogP contribution in [-0.4, -0.2) is 32.1 Å². The summed E-state index contributed by atoms with van der Waals surface area (Å²) in [6, 6.07) is 7.13. The minimum Gasteiger partial charge on any atom is -0.490 e. The van der Waals surface area contributed by atoms with Crippen molar-refractivity contribution in [3.63, 3.8) is 0 Å². The van der Waals surface area contributed by atoms with Crippen molar-refractivity contribution in [3.8, 4) is 5.75 Å². The van der Waals surface area contributed by atoms with Gasteiger partial charge in [0.2, 0.25) is 0 Å². The first-order chi connectivity index (χ1) is 8.79. The number of hydrogen-bond donors (Lipinski definition) is 2. The van der Waals surface area contributed by atoms with E-state index in [1.807, 2.05) is 0 Å². The van der Waals surface area contributed by atoms with Crippen LogP contribution in [0.3, 0.4) is 0 Å². The van der Waals surface area contributed by atoms with Gasteiger partial charge in [0, 0.05) is 31.1 Å². The van der Waals surface area contributed by atoms with E-state index in [2.05, 4.69) is 17.2 Å². The molecule has 1 amide bonds. The number of benzene rings is 1. The second-order valence-electron chi connectivity index (χ2n) is 4.36. The minimum absolute atomic E-state index is 0. The molecule has 0 radical (unpaired) electrons. The van der Waals surface area contributed by atoms with Gasteiger partial charge in [0.15, 0.2) is 0 Å². The van der Waals surface area contributed by atoms with Crippen molar-refractivity contribution in [2.75, 3.05) is 26.2 Å². The summed E-state index contributed by atoms with van der Waals surface area (Å²) in [7, 11) is 0. The summed E-state index contributed by atoms with van der Waals surface area (Å²) in [4.78, 5) is 11.8. The Bertz CT molecular complexity index is 416. The third kappa shape index (κ3) is 4.58. The highest BCUT2D eigenvalue weighted by molar-refractivity contribution is 5.94. The standard InChI is InChI=1S/C14H18N2O2.ClH/c1-2-7-18-13-5-3-12(4-6-13)14(17)16-10-11-8-15-9-11;/h2-6,11,15H,1,7-10H2,(H,16,17);1H. The van der Waals surface area contributed by atoms with Gasteiger partial charge in [0.1, 0.15) is 12.4 Å². The highest BCUT2D eigenvalue weighted by Crippen LogP contribution is 2.12. The topological polar surface area (TPSA) is 50.4 Å². The molecule has 0 aliphatic carbocycles. The predicted octanol–water partition coefficient (Wildman–Crippen LogP) is 1.62. The van der Waals surface area contributed by atoms with Gasteiger partial charge in [-0.25, -0.2) is 0 Å². The monoisotopic (exact) mass is 282 g/mol. The lowest BCUT2D eigenvalue weighted by Gasteiger charge is -2.27. The number of carbonyl (C=O) groups excluding carboxylic acids is 1. The minimum atomic E-state index is -0.0304. The lowest BCUT2D eigenvalue weighted by Crippen LogP contribution is -2.48. The molecule has 1 aromatic carbocycles. The molecule has 5 heteroatoms. The summed E-state index contributed by atoms with van der Waals surface area (Å²) in [6.45, 7) is 6.78. The normalized spacial score (nSPS) is 13.9. The van der Waals surface area contributed by atoms with Gasteiger partial charge in [-0.15, -0.1) is 12.4 Å². The number of carbonyl (C=O) groups is 1. The van der Waals surface area contributed by atoms with Crippen molar-refractivity contribution in [1.29, 1.82) is 0 Å². The molecule has 0 atom stereocenters. The van der Waals surface area contributed by atoms with Gasteiger partial charge < -0.3 is 15.4 Å². The molecule has 1 aliphatic heterocycles. The summed E-state index contributed by atoms with van der Waals surface area (Å²) < 4.78 is 5.36. The van der Waals surface area contributed by atoms with E-state index in [4.69, 9.17) is 4.74 Å². The fraction of sp³-hybridized carbons (Fsp3) is 0.357. The SMILES string of the molecule is C=CCOc1ccc(C(=O)NCC2CNC2)cc1.Cl. The van der Waals surface area contributed by atoms with Crippen LogP contribution in [0.4, 0.5) is 0 Å². The van der Waals surface area contributed by atoms with Crippen LogP contribution in [0.1, 0.15) is 10.4 Å². The molecule has 1 aliphatic rings. The average molecular weight is 283 g/mol. The van der Waals surface area contributed by atoms with Crippen molar-refractivity contribution < 1.29 is 9.53 Å². The van der Waals surface area contributed by atoms with Crippen molar-refractivity contribution in [2.24, 2.45) is 5.92 Å². The molecular formula is C14H19ClN2O2. The lowest BCUT2D eigenvalue weighted by molar-refractivity contribution is 0.0942. The average Bonchev–Trinajstić information content (AvgIpc) is 2.35. The van der Waals surface area contributed by atoms with Gasteiger partial charge in [-0.2, -0.15) is 0 Å². The summed E-state index contributed by atoms with van der Waals surface area (Å²) >= 11 is 0. The Morgan fingerprint density at radius 2 is 2.11 bits per heavy atom. The van der Waals surface area contributed by atoms with Crippen LogP contribution in [0.5, 0.6) is 5.75 Å². The first-order valence-corrected chi connectivity index (χ1v) is 6.12. The quantitative estimate of drug-likeness (QED) is 0.780. The third-order valence-corrected chi connectivity index (χ3v) is 2.90. The van der Waals surface area contributed by atoms with Crippen molar-refractivity contribution >= 4 is 18.3 Å². The number of nitrogens with one attached hydrogen (secondary N) is 2. The van der Waals surface area contributed by atoms with Crippen LogP contribution in [0, 0.1) is 5.92 Å². The van der Waals surface area contributed by atoms with Crippen molar-refractivity contribution in [1.82, 2.24) is 10.6 Å². The van der Waals surface area contributed by atoms with Crippen LogP contribution >= 0.6 is 12.4 Å². The Morgan fingerprint density at radius 3 is 2.63 bits per heavy atom. The zero-order valence-electron chi connectivity index (χ0n) is 10.7. The van der Waals surface area contributed by atoms with Gasteiger partial charge in [-0.1, -0.05) is 12.7 Å². The van der Waals surface area contributed by atoms with Gasteiger partial charge in [0.25, 0.3) is 5.91 Å². The molecule has 4 nitrogen and oxygen atoms in total. The molecule has 0 bridgehead atoms. The van der Waals surface area contributed by atoms with Crippen molar-refractivity contribution in [2.45, 2.75) is 0 Å². The number of rotatable bonds is 6. The first-order valence-electron chi connectivity index (χ1n) is 6.12. The molecule has 1 fully saturated rings. The number of amides is 1. The van der Waals surface area contributed by atoms with E-state index in [9.17, 15) is 4.79 Å². The highest BCUT2D eigenvalue weighted by Gasteiger charge is 2.17. The molecule has 1 heterocycles. The first kappa shape index (κ1) is 15.5. The zero-order valence-corrected chi connectivity index (χ0v) is 11.5. The molecular weight excluding hydrogens is 264 g/mol. The van der Waals surface area contributed by atoms with E-state index in [0.717, 1.165) is 25.4 Å². The largest absolute Gasteiger partial charge is 0.490 e. The smallest absolute Gasteiger partial charge is 0.251 e. The van der Waals surface area contributed by atoms with Gasteiger partial charge >= 0.3 is 0 Å². The Balaban J connectivity index is 0.00000180. The summed E-state index contributed by atoms with van der Waals surface area (Å²) in [5.41, 5.74) is 0.660. The molecule has 0 spiro atoms. The highest BCUT2D eigenvalue weighted by atomic mass is 35.5. The zero-order chi connectivity index (χ0) is 12.8. The van der Waals surface area contributed by atoms with E-state index < -0.39 is 0 Å². The van der Waals surface area contributed by atoms with Crippen LogP contribution in [0.25, 0.3) is 0 Å². The van der Waals surface area contributed by atoms with Gasteiger partial charge in [-0.3, -0.25) is 4.79 Å². The second-order valence-corrected chi connectivity index (χ2v) is 4.36. The van der Waals surface area contributed by atoms with E-state index in [1.54, 1.807) is 30.3 Å². The Hall–Kier alpha value is -1.52. The second kappa shape index (κ2) is 7.81. The molecule has 19 heavy (non-hydrogen) atoms. The summed E-state index contributed by atoms with van der Waals surface area (Å²) in [5, 5.41) is 6.10. The molecule has 2 N–H and O–H groups in total. The third-order valence-electron chi connectivity index (χ3n) is 2.90. The molecule has 2 rings (SSSR count). The Labute approximate surface area is 119 Å². The lowest BCUT2D eigenvalue weighted by atomic mass is 10.0. The van der Waals surface area contributed by atoms with E-state index in [1.165, 1.54) is 0 Å². The molecule has 0 aromatic heterocycles. The van der Waals surface area contributed by atoms with E-state index in [-0.39, 0.29) is 18.3 Å². The fourth-order valence-corrected chi connectivity index (χ4v) is 1.69. The van der Waals surface area contributed by atoms with E-state index >= 15 is 0 Å². The van der Waals surface area contributed by atoms with Crippen LogP contribution < -0.4 is 15.4 Å². The number of ether oxygens (including phenoxy) is 1. The maximum Gasteiger partial charge on any atom is 0.251 e.